The SMILES string of the molecule is CC(C)n1cnc2cc(CCNS(=O)(=O)c3cccs3)ccc21. The third-order valence-electron chi connectivity index (χ3n) is 3.66. The van der Waals surface area contributed by atoms with E-state index in [4.69, 9.17) is 0 Å². The molecule has 2 heterocycles. The number of benzene rings is 1. The molecular formula is C16H19N3O2S2. The highest BCUT2D eigenvalue weighted by Crippen LogP contribution is 2.19. The summed E-state index contributed by atoms with van der Waals surface area (Å²) in [5, 5.41) is 1.76. The maximum Gasteiger partial charge on any atom is 0.250 e. The van der Waals surface area contributed by atoms with Crippen molar-refractivity contribution in [3.63, 3.8) is 0 Å². The summed E-state index contributed by atoms with van der Waals surface area (Å²) < 4.78 is 29.2. The second kappa shape index (κ2) is 6.43. The fourth-order valence-corrected chi connectivity index (χ4v) is 4.53. The summed E-state index contributed by atoms with van der Waals surface area (Å²) in [4.78, 5) is 4.42. The van der Waals surface area contributed by atoms with Gasteiger partial charge in [0, 0.05) is 12.6 Å². The zero-order valence-electron chi connectivity index (χ0n) is 13.1. The fourth-order valence-electron chi connectivity index (χ4n) is 2.46. The van der Waals surface area contributed by atoms with Crippen molar-refractivity contribution < 1.29 is 8.42 Å². The molecule has 0 atom stereocenters. The molecule has 7 heteroatoms. The van der Waals surface area contributed by atoms with E-state index in [1.807, 2.05) is 24.5 Å². The van der Waals surface area contributed by atoms with E-state index in [-0.39, 0.29) is 0 Å². The van der Waals surface area contributed by atoms with Crippen molar-refractivity contribution in [2.75, 3.05) is 6.54 Å². The molecular weight excluding hydrogens is 330 g/mol. The van der Waals surface area contributed by atoms with Crippen molar-refractivity contribution in [3.8, 4) is 0 Å². The van der Waals surface area contributed by atoms with Gasteiger partial charge in [0.25, 0.3) is 0 Å². The summed E-state index contributed by atoms with van der Waals surface area (Å²) in [5.74, 6) is 0. The Morgan fingerprint density at radius 2 is 2.13 bits per heavy atom. The normalized spacial score (nSPS) is 12.3. The van der Waals surface area contributed by atoms with Crippen molar-refractivity contribution in [1.82, 2.24) is 14.3 Å². The second-order valence-corrected chi connectivity index (χ2v) is 8.59. The van der Waals surface area contributed by atoms with Crippen LogP contribution in [0.2, 0.25) is 0 Å². The van der Waals surface area contributed by atoms with Crippen molar-refractivity contribution >= 4 is 32.4 Å². The number of imidazole rings is 1. The Balaban J connectivity index is 1.68. The van der Waals surface area contributed by atoms with Gasteiger partial charge in [-0.3, -0.25) is 0 Å². The topological polar surface area (TPSA) is 64.0 Å². The highest BCUT2D eigenvalue weighted by molar-refractivity contribution is 7.91. The smallest absolute Gasteiger partial charge is 0.250 e. The predicted octanol–water partition coefficient (Wildman–Crippen LogP) is 3.20. The lowest BCUT2D eigenvalue weighted by Crippen LogP contribution is -2.25. The molecule has 0 saturated carbocycles. The van der Waals surface area contributed by atoms with Crippen LogP contribution >= 0.6 is 11.3 Å². The third-order valence-corrected chi connectivity index (χ3v) is 6.52. The van der Waals surface area contributed by atoms with Gasteiger partial charge in [0.1, 0.15) is 4.21 Å². The molecule has 0 aliphatic rings. The van der Waals surface area contributed by atoms with Crippen LogP contribution in [-0.2, 0) is 16.4 Å². The molecule has 0 saturated heterocycles. The molecule has 23 heavy (non-hydrogen) atoms. The van der Waals surface area contributed by atoms with Gasteiger partial charge < -0.3 is 4.57 Å². The minimum atomic E-state index is -3.39. The molecule has 0 unspecified atom stereocenters. The molecule has 0 fully saturated rings. The number of aromatic nitrogens is 2. The number of rotatable bonds is 6. The van der Waals surface area contributed by atoms with Crippen LogP contribution in [0.5, 0.6) is 0 Å². The predicted molar refractivity (Wildman–Crippen MR) is 93.3 cm³/mol. The lowest BCUT2D eigenvalue weighted by Gasteiger charge is -2.08. The first-order chi connectivity index (χ1) is 11.0. The van der Waals surface area contributed by atoms with E-state index in [0.29, 0.717) is 23.2 Å². The van der Waals surface area contributed by atoms with E-state index in [1.54, 1.807) is 17.5 Å². The Kier molecular flexibility index (Phi) is 4.52. The van der Waals surface area contributed by atoms with Crippen LogP contribution in [0.15, 0.2) is 46.2 Å². The zero-order chi connectivity index (χ0) is 16.4. The molecule has 1 aromatic carbocycles. The summed E-state index contributed by atoms with van der Waals surface area (Å²) in [5.41, 5.74) is 3.11. The van der Waals surface area contributed by atoms with Crippen molar-refractivity contribution in [1.29, 1.82) is 0 Å². The van der Waals surface area contributed by atoms with E-state index >= 15 is 0 Å². The molecule has 0 amide bonds. The molecule has 0 bridgehead atoms. The Hall–Kier alpha value is -1.70. The average molecular weight is 349 g/mol. The van der Waals surface area contributed by atoms with Gasteiger partial charge in [-0.1, -0.05) is 12.1 Å². The van der Waals surface area contributed by atoms with Gasteiger partial charge in [0.05, 0.1) is 17.4 Å². The second-order valence-electron chi connectivity index (χ2n) is 5.65. The summed E-state index contributed by atoms with van der Waals surface area (Å²) in [7, 11) is -3.39. The summed E-state index contributed by atoms with van der Waals surface area (Å²) in [6.07, 6.45) is 2.48. The third kappa shape index (κ3) is 3.46. The van der Waals surface area contributed by atoms with E-state index in [2.05, 4.69) is 28.1 Å². The first-order valence-electron chi connectivity index (χ1n) is 7.46. The number of nitrogens with one attached hydrogen (secondary N) is 1. The molecule has 0 spiro atoms. The number of thiophene rings is 1. The van der Waals surface area contributed by atoms with E-state index in [1.165, 1.54) is 11.3 Å². The summed E-state index contributed by atoms with van der Waals surface area (Å²) in [6.45, 7) is 4.61. The Bertz CT molecular complexity index is 897. The first-order valence-corrected chi connectivity index (χ1v) is 9.82. The maximum absolute atomic E-state index is 12.1. The number of nitrogens with zero attached hydrogens (tertiary/aromatic N) is 2. The van der Waals surface area contributed by atoms with Crippen LogP contribution in [0.4, 0.5) is 0 Å². The monoisotopic (exact) mass is 349 g/mol. The highest BCUT2D eigenvalue weighted by atomic mass is 32.2. The molecule has 5 nitrogen and oxygen atoms in total. The van der Waals surface area contributed by atoms with E-state index in [9.17, 15) is 8.42 Å². The van der Waals surface area contributed by atoms with Gasteiger partial charge in [0.15, 0.2) is 0 Å². The molecule has 0 aliphatic carbocycles. The van der Waals surface area contributed by atoms with E-state index in [0.717, 1.165) is 16.6 Å². The number of sulfonamides is 1. The Labute approximate surface area is 140 Å². The van der Waals surface area contributed by atoms with Gasteiger partial charge in [0.2, 0.25) is 10.0 Å². The standard InChI is InChI=1S/C16H19N3O2S2/c1-12(2)19-11-17-14-10-13(5-6-15(14)19)7-8-18-23(20,21)16-4-3-9-22-16/h3-6,9-12,18H,7-8H2,1-2H3. The average Bonchev–Trinajstić information content (AvgIpc) is 3.16. The number of hydrogen-bond acceptors (Lipinski definition) is 4. The molecule has 3 rings (SSSR count). The van der Waals surface area contributed by atoms with Gasteiger partial charge in [-0.2, -0.15) is 0 Å². The summed E-state index contributed by atoms with van der Waals surface area (Å²) >= 11 is 1.22. The molecule has 122 valence electrons. The van der Waals surface area contributed by atoms with Crippen molar-refractivity contribution in [2.45, 2.75) is 30.5 Å². The van der Waals surface area contributed by atoms with E-state index < -0.39 is 10.0 Å². The minimum absolute atomic E-state index is 0.351. The largest absolute Gasteiger partial charge is 0.328 e. The van der Waals surface area contributed by atoms with Gasteiger partial charge >= 0.3 is 0 Å². The molecule has 3 aromatic rings. The van der Waals surface area contributed by atoms with Crippen LogP contribution in [0.3, 0.4) is 0 Å². The Morgan fingerprint density at radius 3 is 2.83 bits per heavy atom. The zero-order valence-corrected chi connectivity index (χ0v) is 14.7. The number of fused-ring (bicyclic) bond motifs is 1. The summed E-state index contributed by atoms with van der Waals surface area (Å²) in [6, 6.07) is 9.81. The lowest BCUT2D eigenvalue weighted by atomic mass is 10.1. The Morgan fingerprint density at radius 1 is 1.30 bits per heavy atom. The van der Waals surface area contributed by atoms with Crippen LogP contribution in [0, 0.1) is 0 Å². The van der Waals surface area contributed by atoms with Gasteiger partial charge in [-0.25, -0.2) is 18.1 Å². The minimum Gasteiger partial charge on any atom is -0.328 e. The quantitative estimate of drug-likeness (QED) is 0.743. The van der Waals surface area contributed by atoms with Crippen LogP contribution in [-0.4, -0.2) is 24.5 Å². The van der Waals surface area contributed by atoms with Crippen molar-refractivity contribution in [2.24, 2.45) is 0 Å². The fraction of sp³-hybridized carbons (Fsp3) is 0.312. The maximum atomic E-state index is 12.1. The van der Waals surface area contributed by atoms with Crippen LogP contribution in [0.25, 0.3) is 11.0 Å². The molecule has 1 N–H and O–H groups in total. The van der Waals surface area contributed by atoms with Crippen LogP contribution in [0.1, 0.15) is 25.5 Å². The van der Waals surface area contributed by atoms with Gasteiger partial charge in [-0.15, -0.1) is 11.3 Å². The molecule has 0 radical (unpaired) electrons. The highest BCUT2D eigenvalue weighted by Gasteiger charge is 2.14. The van der Waals surface area contributed by atoms with Crippen molar-refractivity contribution in [3.05, 3.63) is 47.6 Å². The van der Waals surface area contributed by atoms with Crippen LogP contribution < -0.4 is 4.72 Å². The number of hydrogen-bond donors (Lipinski definition) is 1. The first kappa shape index (κ1) is 16.2. The molecule has 2 aromatic heterocycles. The lowest BCUT2D eigenvalue weighted by molar-refractivity contribution is 0.584. The molecule has 0 aliphatic heterocycles. The van der Waals surface area contributed by atoms with Gasteiger partial charge in [-0.05, 0) is 49.4 Å².